The minimum atomic E-state index is -3.50. The lowest BCUT2D eigenvalue weighted by Crippen LogP contribution is -2.33. The molecular weight excluding hydrogens is 420 g/mol. The Morgan fingerprint density at radius 2 is 1.75 bits per heavy atom. The summed E-state index contributed by atoms with van der Waals surface area (Å²) in [6.07, 6.45) is 7.07. The third-order valence-corrected chi connectivity index (χ3v) is 8.36. The van der Waals surface area contributed by atoms with Crippen molar-refractivity contribution in [1.29, 1.82) is 0 Å². The van der Waals surface area contributed by atoms with E-state index in [0.717, 1.165) is 36.3 Å². The molecule has 0 bridgehead atoms. The Hall–Kier alpha value is -2.31. The summed E-state index contributed by atoms with van der Waals surface area (Å²) in [4.78, 5) is 0.401. The number of fused-ring (bicyclic) bond motifs is 3. The SMILES string of the molecule is CCCN(CCC)S(=O)(=O)c1ccc2c(c1)C1C=CCC1C(c1ccc(OCC)cc1)N2. The minimum Gasteiger partial charge on any atom is -0.494 e. The van der Waals surface area contributed by atoms with E-state index in [1.165, 1.54) is 5.56 Å². The van der Waals surface area contributed by atoms with Gasteiger partial charge in [0.15, 0.2) is 0 Å². The van der Waals surface area contributed by atoms with Crippen molar-refractivity contribution in [2.24, 2.45) is 5.92 Å². The van der Waals surface area contributed by atoms with Crippen LogP contribution in [0.3, 0.4) is 0 Å². The van der Waals surface area contributed by atoms with E-state index in [4.69, 9.17) is 4.74 Å². The van der Waals surface area contributed by atoms with E-state index >= 15 is 0 Å². The number of hydrogen-bond donors (Lipinski definition) is 1. The van der Waals surface area contributed by atoms with E-state index in [9.17, 15) is 8.42 Å². The molecule has 172 valence electrons. The largest absolute Gasteiger partial charge is 0.494 e. The zero-order chi connectivity index (χ0) is 22.7. The van der Waals surface area contributed by atoms with Gasteiger partial charge in [-0.2, -0.15) is 4.31 Å². The third-order valence-electron chi connectivity index (χ3n) is 6.47. The molecule has 0 radical (unpaired) electrons. The number of rotatable bonds is 9. The van der Waals surface area contributed by atoms with E-state index < -0.39 is 10.0 Å². The first-order chi connectivity index (χ1) is 15.5. The van der Waals surface area contributed by atoms with E-state index in [0.29, 0.717) is 30.5 Å². The van der Waals surface area contributed by atoms with Gasteiger partial charge in [-0.1, -0.05) is 38.1 Å². The quantitative estimate of drug-likeness (QED) is 0.492. The van der Waals surface area contributed by atoms with E-state index in [1.54, 1.807) is 10.4 Å². The summed E-state index contributed by atoms with van der Waals surface area (Å²) in [6, 6.07) is 14.1. The number of sulfonamides is 1. The van der Waals surface area contributed by atoms with Crippen molar-refractivity contribution in [3.8, 4) is 5.75 Å². The summed E-state index contributed by atoms with van der Waals surface area (Å²) in [7, 11) is -3.50. The molecule has 2 aliphatic rings. The Morgan fingerprint density at radius 3 is 2.41 bits per heavy atom. The van der Waals surface area contributed by atoms with Gasteiger partial charge in [0, 0.05) is 24.7 Å². The maximum Gasteiger partial charge on any atom is 0.243 e. The molecule has 5 nitrogen and oxygen atoms in total. The average Bonchev–Trinajstić information content (AvgIpc) is 3.29. The zero-order valence-corrected chi connectivity index (χ0v) is 20.1. The zero-order valence-electron chi connectivity index (χ0n) is 19.3. The second-order valence-electron chi connectivity index (χ2n) is 8.63. The molecule has 0 aromatic heterocycles. The van der Waals surface area contributed by atoms with E-state index in [2.05, 4.69) is 29.6 Å². The van der Waals surface area contributed by atoms with Gasteiger partial charge in [-0.15, -0.1) is 0 Å². The second kappa shape index (κ2) is 9.67. The molecule has 1 heterocycles. The molecule has 3 atom stereocenters. The average molecular weight is 455 g/mol. The highest BCUT2D eigenvalue weighted by atomic mass is 32.2. The fourth-order valence-corrected chi connectivity index (χ4v) is 6.66. The molecule has 0 saturated carbocycles. The highest BCUT2D eigenvalue weighted by Gasteiger charge is 2.38. The molecular formula is C26H34N2O3S. The smallest absolute Gasteiger partial charge is 0.243 e. The fourth-order valence-electron chi connectivity index (χ4n) is 5.00. The van der Waals surface area contributed by atoms with E-state index in [-0.39, 0.29) is 12.0 Å². The number of benzene rings is 2. The first kappa shape index (κ1) is 22.9. The van der Waals surface area contributed by atoms with Crippen LogP contribution in [0.1, 0.15) is 63.1 Å². The minimum absolute atomic E-state index is 0.178. The Bertz CT molecular complexity index is 1060. The maximum absolute atomic E-state index is 13.3. The number of nitrogens with zero attached hydrogens (tertiary/aromatic N) is 1. The summed E-state index contributed by atoms with van der Waals surface area (Å²) in [5.41, 5.74) is 3.33. The van der Waals surface area contributed by atoms with Crippen molar-refractivity contribution in [3.63, 3.8) is 0 Å². The standard InChI is InChI=1S/C26H34N2O3S/c1-4-16-28(17-5-2)32(29,30)21-14-15-25-24(18-21)22-8-7-9-23(22)26(27-25)19-10-12-20(13-11-19)31-6-3/h7-8,10-15,18,22-23,26-27H,4-6,9,16-17H2,1-3H3. The van der Waals surface area contributed by atoms with Crippen molar-refractivity contribution in [1.82, 2.24) is 4.31 Å². The summed E-state index contributed by atoms with van der Waals surface area (Å²) in [6.45, 7) is 7.78. The molecule has 1 aliphatic carbocycles. The van der Waals surface area contributed by atoms with Gasteiger partial charge in [0.25, 0.3) is 0 Å². The Kier molecular flexibility index (Phi) is 6.91. The predicted molar refractivity (Wildman–Crippen MR) is 130 cm³/mol. The van der Waals surface area contributed by atoms with Gasteiger partial charge >= 0.3 is 0 Å². The van der Waals surface area contributed by atoms with Crippen molar-refractivity contribution < 1.29 is 13.2 Å². The lowest BCUT2D eigenvalue weighted by molar-refractivity contribution is 0.340. The lowest BCUT2D eigenvalue weighted by atomic mass is 9.77. The molecule has 1 N–H and O–H groups in total. The van der Waals surface area contributed by atoms with Gasteiger partial charge in [0.05, 0.1) is 17.5 Å². The van der Waals surface area contributed by atoms with Crippen LogP contribution >= 0.6 is 0 Å². The van der Waals surface area contributed by atoms with Crippen molar-refractivity contribution >= 4 is 15.7 Å². The monoisotopic (exact) mass is 454 g/mol. The van der Waals surface area contributed by atoms with Crippen molar-refractivity contribution in [2.45, 2.75) is 56.9 Å². The van der Waals surface area contributed by atoms with Crippen LogP contribution in [0.4, 0.5) is 5.69 Å². The lowest BCUT2D eigenvalue weighted by Gasteiger charge is -2.38. The summed E-state index contributed by atoms with van der Waals surface area (Å²) < 4.78 is 33.9. The molecule has 2 aromatic rings. The molecule has 32 heavy (non-hydrogen) atoms. The number of hydrogen-bond acceptors (Lipinski definition) is 4. The van der Waals surface area contributed by atoms with Crippen molar-refractivity contribution in [3.05, 3.63) is 65.7 Å². The molecule has 3 unspecified atom stereocenters. The number of allylic oxidation sites excluding steroid dienone is 2. The van der Waals surface area contributed by atoms with Crippen LogP contribution in [0.5, 0.6) is 5.75 Å². The van der Waals surface area contributed by atoms with Crippen LogP contribution in [0.2, 0.25) is 0 Å². The Morgan fingerprint density at radius 1 is 1.03 bits per heavy atom. The summed E-state index contributed by atoms with van der Waals surface area (Å²) in [5.74, 6) is 1.46. The summed E-state index contributed by atoms with van der Waals surface area (Å²) in [5, 5.41) is 3.71. The maximum atomic E-state index is 13.3. The van der Waals surface area contributed by atoms with Gasteiger partial charge in [0.1, 0.15) is 5.75 Å². The topological polar surface area (TPSA) is 58.6 Å². The molecule has 6 heteroatoms. The highest BCUT2D eigenvalue weighted by molar-refractivity contribution is 7.89. The van der Waals surface area contributed by atoms with Crippen LogP contribution in [0.15, 0.2) is 59.5 Å². The van der Waals surface area contributed by atoms with Gasteiger partial charge in [0.2, 0.25) is 10.0 Å². The van der Waals surface area contributed by atoms with Gasteiger partial charge < -0.3 is 10.1 Å². The Labute approximate surface area is 192 Å². The number of anilines is 1. The van der Waals surface area contributed by atoms with Crippen LogP contribution in [-0.2, 0) is 10.0 Å². The van der Waals surface area contributed by atoms with Gasteiger partial charge in [-0.05, 0) is 73.6 Å². The van der Waals surface area contributed by atoms with Crippen LogP contribution in [0.25, 0.3) is 0 Å². The molecule has 0 fully saturated rings. The first-order valence-electron chi connectivity index (χ1n) is 11.8. The van der Waals surface area contributed by atoms with E-state index in [1.807, 2.05) is 45.0 Å². The fraction of sp³-hybridized carbons (Fsp3) is 0.462. The highest BCUT2D eigenvalue weighted by Crippen LogP contribution is 2.50. The van der Waals surface area contributed by atoms with Crippen molar-refractivity contribution in [2.75, 3.05) is 25.0 Å². The van der Waals surface area contributed by atoms with Crippen LogP contribution in [-0.4, -0.2) is 32.4 Å². The predicted octanol–water partition coefficient (Wildman–Crippen LogP) is 5.72. The molecule has 0 amide bonds. The molecule has 1 aliphatic heterocycles. The molecule has 4 rings (SSSR count). The van der Waals surface area contributed by atoms with Gasteiger partial charge in [-0.3, -0.25) is 0 Å². The van der Waals surface area contributed by atoms with Crippen LogP contribution in [0, 0.1) is 5.92 Å². The third kappa shape index (κ3) is 4.30. The molecule has 2 aromatic carbocycles. The molecule has 0 saturated heterocycles. The normalized spacial score (nSPS) is 21.8. The van der Waals surface area contributed by atoms with Gasteiger partial charge in [-0.25, -0.2) is 8.42 Å². The second-order valence-corrected chi connectivity index (χ2v) is 10.6. The number of nitrogens with one attached hydrogen (secondary N) is 1. The van der Waals surface area contributed by atoms with Crippen LogP contribution < -0.4 is 10.1 Å². The molecule has 0 spiro atoms. The summed E-state index contributed by atoms with van der Waals surface area (Å²) >= 11 is 0. The first-order valence-corrected chi connectivity index (χ1v) is 13.2. The Balaban J connectivity index is 1.66. The number of ether oxygens (including phenoxy) is 1.